The summed E-state index contributed by atoms with van der Waals surface area (Å²) in [4.78, 5) is 22.3. The van der Waals surface area contributed by atoms with Crippen LogP contribution in [-0.4, -0.2) is 20.6 Å². The van der Waals surface area contributed by atoms with Crippen molar-refractivity contribution >= 4 is 28.9 Å². The lowest BCUT2D eigenvalue weighted by Crippen LogP contribution is -2.14. The van der Waals surface area contributed by atoms with Crippen LogP contribution in [0.15, 0.2) is 30.5 Å². The van der Waals surface area contributed by atoms with Crippen LogP contribution in [0.3, 0.4) is 0 Å². The van der Waals surface area contributed by atoms with E-state index >= 15 is 0 Å². The Labute approximate surface area is 119 Å². The van der Waals surface area contributed by atoms with E-state index in [-0.39, 0.29) is 11.4 Å². The van der Waals surface area contributed by atoms with Gasteiger partial charge >= 0.3 is 5.69 Å². The first kappa shape index (κ1) is 14.0. The second-order valence-corrected chi connectivity index (χ2v) is 4.38. The Kier molecular flexibility index (Phi) is 3.99. The molecule has 20 heavy (non-hydrogen) atoms. The highest BCUT2D eigenvalue weighted by Gasteiger charge is 2.25. The van der Waals surface area contributed by atoms with Gasteiger partial charge in [-0.3, -0.25) is 19.6 Å². The number of nitrogens with one attached hydrogen (secondary N) is 1. The van der Waals surface area contributed by atoms with Gasteiger partial charge in [-0.25, -0.2) is 0 Å². The van der Waals surface area contributed by atoms with Crippen molar-refractivity contribution in [2.45, 2.75) is 13.5 Å². The number of anilines is 1. The number of benzene rings is 1. The Morgan fingerprint density at radius 2 is 2.30 bits per heavy atom. The van der Waals surface area contributed by atoms with Crippen LogP contribution in [0.1, 0.15) is 17.4 Å². The van der Waals surface area contributed by atoms with E-state index in [4.69, 9.17) is 11.6 Å². The lowest BCUT2D eigenvalue weighted by molar-refractivity contribution is -0.385. The van der Waals surface area contributed by atoms with Gasteiger partial charge < -0.3 is 5.32 Å². The summed E-state index contributed by atoms with van der Waals surface area (Å²) in [7, 11) is 0. The molecule has 0 aliphatic carbocycles. The van der Waals surface area contributed by atoms with Crippen molar-refractivity contribution in [1.29, 1.82) is 0 Å². The molecule has 0 bridgehead atoms. The van der Waals surface area contributed by atoms with Crippen LogP contribution in [0.4, 0.5) is 11.4 Å². The maximum absolute atomic E-state index is 12.0. The second-order valence-electron chi connectivity index (χ2n) is 3.94. The van der Waals surface area contributed by atoms with Gasteiger partial charge in [-0.2, -0.15) is 5.10 Å². The molecule has 0 fully saturated rings. The first-order valence-electron chi connectivity index (χ1n) is 5.80. The molecule has 7 nitrogen and oxygen atoms in total. The highest BCUT2D eigenvalue weighted by atomic mass is 35.5. The molecule has 8 heteroatoms. The maximum Gasteiger partial charge on any atom is 0.320 e. The molecule has 0 saturated carbocycles. The number of nitrogens with zero attached hydrogens (tertiary/aromatic N) is 3. The zero-order chi connectivity index (χ0) is 14.7. The maximum atomic E-state index is 12.0. The largest absolute Gasteiger partial charge is 0.320 e. The minimum absolute atomic E-state index is 0.225. The van der Waals surface area contributed by atoms with E-state index in [0.717, 1.165) is 0 Å². The van der Waals surface area contributed by atoms with Crippen LogP contribution in [0.5, 0.6) is 0 Å². The Morgan fingerprint density at radius 3 is 2.90 bits per heavy atom. The quantitative estimate of drug-likeness (QED) is 0.693. The molecule has 0 aliphatic rings. The van der Waals surface area contributed by atoms with Gasteiger partial charge in [0.05, 0.1) is 4.92 Å². The topological polar surface area (TPSA) is 90.1 Å². The fourth-order valence-electron chi connectivity index (χ4n) is 1.62. The van der Waals surface area contributed by atoms with Crippen molar-refractivity contribution in [1.82, 2.24) is 9.78 Å². The van der Waals surface area contributed by atoms with Crippen LogP contribution >= 0.6 is 11.6 Å². The Bertz CT molecular complexity index is 668. The third-order valence-corrected chi connectivity index (χ3v) is 2.80. The monoisotopic (exact) mass is 294 g/mol. The highest BCUT2D eigenvalue weighted by molar-refractivity contribution is 6.30. The van der Waals surface area contributed by atoms with E-state index in [9.17, 15) is 14.9 Å². The summed E-state index contributed by atoms with van der Waals surface area (Å²) < 4.78 is 1.34. The lowest BCUT2D eigenvalue weighted by Gasteiger charge is -2.03. The number of rotatable bonds is 4. The van der Waals surface area contributed by atoms with Crippen LogP contribution in [0.25, 0.3) is 0 Å². The van der Waals surface area contributed by atoms with Gasteiger partial charge in [0.1, 0.15) is 6.20 Å². The van der Waals surface area contributed by atoms with Crippen LogP contribution in [0, 0.1) is 10.1 Å². The van der Waals surface area contributed by atoms with Crippen LogP contribution in [-0.2, 0) is 6.54 Å². The molecule has 0 unspecified atom stereocenters. The number of amides is 1. The number of halogens is 1. The van der Waals surface area contributed by atoms with Crippen LogP contribution in [0.2, 0.25) is 5.02 Å². The Morgan fingerprint density at radius 1 is 1.55 bits per heavy atom. The summed E-state index contributed by atoms with van der Waals surface area (Å²) in [6.45, 7) is 2.21. The number of hydrogen-bond donors (Lipinski definition) is 1. The molecule has 1 amide bonds. The minimum Gasteiger partial charge on any atom is -0.320 e. The number of carbonyl (C=O) groups is 1. The van der Waals surface area contributed by atoms with Gasteiger partial charge in [-0.1, -0.05) is 17.7 Å². The molecule has 1 N–H and O–H groups in total. The van der Waals surface area contributed by atoms with Gasteiger partial charge in [-0.15, -0.1) is 0 Å². The first-order chi connectivity index (χ1) is 9.51. The van der Waals surface area contributed by atoms with E-state index < -0.39 is 10.8 Å². The SMILES string of the molecule is CCn1cc([N+](=O)[O-])c(C(=O)Nc2cccc(Cl)c2)n1. The molecule has 1 heterocycles. The third-order valence-electron chi connectivity index (χ3n) is 2.56. The molecule has 0 atom stereocenters. The van der Waals surface area contributed by atoms with Crippen molar-refractivity contribution in [3.8, 4) is 0 Å². The fraction of sp³-hybridized carbons (Fsp3) is 0.167. The number of aryl methyl sites for hydroxylation is 1. The van der Waals surface area contributed by atoms with E-state index in [1.54, 1.807) is 31.2 Å². The first-order valence-corrected chi connectivity index (χ1v) is 6.18. The van der Waals surface area contributed by atoms with E-state index in [1.807, 2.05) is 0 Å². The van der Waals surface area contributed by atoms with Gasteiger partial charge in [0.15, 0.2) is 0 Å². The molecule has 0 spiro atoms. The van der Waals surface area contributed by atoms with E-state index in [1.165, 1.54) is 10.9 Å². The van der Waals surface area contributed by atoms with E-state index in [0.29, 0.717) is 17.3 Å². The molecule has 2 rings (SSSR count). The summed E-state index contributed by atoms with van der Waals surface area (Å²) in [5.41, 5.74) is -0.106. The summed E-state index contributed by atoms with van der Waals surface area (Å²) in [6, 6.07) is 6.50. The fourth-order valence-corrected chi connectivity index (χ4v) is 1.81. The third kappa shape index (κ3) is 2.94. The molecule has 104 valence electrons. The molecule has 2 aromatic rings. The molecule has 0 aliphatic heterocycles. The molecular formula is C12H11ClN4O3. The van der Waals surface area contributed by atoms with Crippen LogP contribution < -0.4 is 5.32 Å². The predicted molar refractivity (Wildman–Crippen MR) is 74.0 cm³/mol. The molecular weight excluding hydrogens is 284 g/mol. The summed E-state index contributed by atoms with van der Waals surface area (Å²) in [6.07, 6.45) is 1.23. The van der Waals surface area contributed by atoms with Gasteiger partial charge in [-0.05, 0) is 25.1 Å². The average Bonchev–Trinajstić information content (AvgIpc) is 2.83. The highest BCUT2D eigenvalue weighted by Crippen LogP contribution is 2.20. The number of hydrogen-bond acceptors (Lipinski definition) is 4. The standard InChI is InChI=1S/C12H11ClN4O3/c1-2-16-7-10(17(19)20)11(15-16)12(18)14-9-5-3-4-8(13)6-9/h3-7H,2H2,1H3,(H,14,18). The zero-order valence-corrected chi connectivity index (χ0v) is 11.3. The number of nitro groups is 1. The summed E-state index contributed by atoms with van der Waals surface area (Å²) in [5.74, 6) is -0.647. The smallest absolute Gasteiger partial charge is 0.320 e. The molecule has 0 radical (unpaired) electrons. The molecule has 1 aromatic heterocycles. The van der Waals surface area contributed by atoms with Gasteiger partial charge in [0.2, 0.25) is 5.69 Å². The minimum atomic E-state index is -0.647. The van der Waals surface area contributed by atoms with Gasteiger partial charge in [0.25, 0.3) is 5.91 Å². The zero-order valence-electron chi connectivity index (χ0n) is 10.5. The normalized spacial score (nSPS) is 10.3. The second kappa shape index (κ2) is 5.70. The molecule has 0 saturated heterocycles. The van der Waals surface area contributed by atoms with E-state index in [2.05, 4.69) is 10.4 Å². The van der Waals surface area contributed by atoms with Crippen molar-refractivity contribution in [2.24, 2.45) is 0 Å². The van der Waals surface area contributed by atoms with Crippen molar-refractivity contribution in [2.75, 3.05) is 5.32 Å². The predicted octanol–water partition coefficient (Wildman–Crippen LogP) is 2.72. The summed E-state index contributed by atoms with van der Waals surface area (Å²) in [5, 5.41) is 17.8. The molecule has 1 aromatic carbocycles. The van der Waals surface area contributed by atoms with Crippen molar-refractivity contribution in [3.63, 3.8) is 0 Å². The Balaban J connectivity index is 2.29. The van der Waals surface area contributed by atoms with Crippen molar-refractivity contribution < 1.29 is 9.72 Å². The number of carbonyl (C=O) groups excluding carboxylic acids is 1. The van der Waals surface area contributed by atoms with Crippen molar-refractivity contribution in [3.05, 3.63) is 51.3 Å². The average molecular weight is 295 g/mol. The van der Waals surface area contributed by atoms with Gasteiger partial charge in [0, 0.05) is 17.3 Å². The lowest BCUT2D eigenvalue weighted by atomic mass is 10.3. The Hall–Kier alpha value is -2.41. The summed E-state index contributed by atoms with van der Waals surface area (Å²) >= 11 is 5.80. The number of aromatic nitrogens is 2.